The average molecular weight is 594 g/mol. The minimum absolute atomic E-state index is 0.0886. The fraction of sp³-hybridized carbons (Fsp3) is 0.464. The van der Waals surface area contributed by atoms with Crippen molar-refractivity contribution in [2.24, 2.45) is 0 Å². The quantitative estimate of drug-likeness (QED) is 0.239. The maximum absolute atomic E-state index is 11.5. The second kappa shape index (κ2) is 15.9. The van der Waals surface area contributed by atoms with Crippen molar-refractivity contribution in [1.82, 2.24) is 10.6 Å². The van der Waals surface area contributed by atoms with Gasteiger partial charge in [0.15, 0.2) is 0 Å². The Bertz CT molecular complexity index is 1010. The molecule has 2 rings (SSSR count). The number of carbonyl (C=O) groups excluding carboxylic acids is 3. The summed E-state index contributed by atoms with van der Waals surface area (Å²) in [4.78, 5) is 34.0. The lowest BCUT2D eigenvalue weighted by atomic mass is 10.1. The Morgan fingerprint density at radius 3 is 1.50 bits per heavy atom. The van der Waals surface area contributed by atoms with E-state index in [0.29, 0.717) is 19.5 Å². The zero-order valence-corrected chi connectivity index (χ0v) is 24.7. The van der Waals surface area contributed by atoms with E-state index in [-0.39, 0.29) is 17.3 Å². The van der Waals surface area contributed by atoms with E-state index in [4.69, 9.17) is 15.2 Å². The van der Waals surface area contributed by atoms with E-state index < -0.39 is 17.3 Å². The highest BCUT2D eigenvalue weighted by Crippen LogP contribution is 2.11. The van der Waals surface area contributed by atoms with Gasteiger partial charge in [-0.3, -0.25) is 4.79 Å². The third-order valence-corrected chi connectivity index (χ3v) is 5.01. The Balaban J connectivity index is 0.000000389. The van der Waals surface area contributed by atoms with Crippen LogP contribution in [-0.4, -0.2) is 47.7 Å². The first-order chi connectivity index (χ1) is 17.7. The Hall–Kier alpha value is -3.27. The molecule has 210 valence electrons. The van der Waals surface area contributed by atoms with E-state index in [9.17, 15) is 14.4 Å². The molecular weight excluding hydrogens is 552 g/mol. The molecular formula is C28H41BrN4O5. The molecule has 0 aliphatic rings. The van der Waals surface area contributed by atoms with Crippen LogP contribution < -0.4 is 21.7 Å². The van der Waals surface area contributed by atoms with Gasteiger partial charge in [-0.05, 0) is 89.8 Å². The normalized spacial score (nSPS) is 10.9. The Labute approximate surface area is 234 Å². The number of amides is 3. The number of nitrogen functional groups attached to an aromatic ring is 1. The van der Waals surface area contributed by atoms with Gasteiger partial charge in [0, 0.05) is 24.5 Å². The molecule has 5 N–H and O–H groups in total. The van der Waals surface area contributed by atoms with Crippen LogP contribution in [0.2, 0.25) is 0 Å². The number of hydrogen-bond donors (Lipinski definition) is 4. The standard InChI is InChI=1S/C15H21BrN2O3.C13H20N2O2/c1-15(2,3)21-14(20)17-9-8-11-4-6-12(7-5-11)18-13(19)10-16;1-13(2,3)17-12(16)15-9-8-10-4-6-11(14)7-5-10/h4-7H,8-10H2,1-3H3,(H,17,20)(H,18,19);4-7H,8-9,14H2,1-3H3,(H,15,16). The van der Waals surface area contributed by atoms with Gasteiger partial charge in [-0.1, -0.05) is 40.2 Å². The van der Waals surface area contributed by atoms with Crippen molar-refractivity contribution in [3.8, 4) is 0 Å². The molecule has 0 saturated heterocycles. The van der Waals surface area contributed by atoms with Gasteiger partial charge in [0.25, 0.3) is 0 Å². The predicted molar refractivity (Wildman–Crippen MR) is 156 cm³/mol. The van der Waals surface area contributed by atoms with E-state index in [2.05, 4.69) is 31.9 Å². The monoisotopic (exact) mass is 592 g/mol. The number of nitrogens with one attached hydrogen (secondary N) is 3. The number of carbonyl (C=O) groups is 3. The third kappa shape index (κ3) is 16.5. The first-order valence-electron chi connectivity index (χ1n) is 12.4. The van der Waals surface area contributed by atoms with Gasteiger partial charge in [-0.25, -0.2) is 9.59 Å². The van der Waals surface area contributed by atoms with Crippen LogP contribution in [0, 0.1) is 0 Å². The molecule has 38 heavy (non-hydrogen) atoms. The van der Waals surface area contributed by atoms with Crippen LogP contribution in [0.1, 0.15) is 52.7 Å². The van der Waals surface area contributed by atoms with Crippen LogP contribution in [0.4, 0.5) is 21.0 Å². The van der Waals surface area contributed by atoms with Crippen molar-refractivity contribution in [2.45, 2.75) is 65.6 Å². The molecule has 9 nitrogen and oxygen atoms in total. The third-order valence-electron chi connectivity index (χ3n) is 4.50. The smallest absolute Gasteiger partial charge is 0.407 e. The van der Waals surface area contributed by atoms with Crippen molar-refractivity contribution in [1.29, 1.82) is 0 Å². The van der Waals surface area contributed by atoms with Crippen LogP contribution in [0.15, 0.2) is 48.5 Å². The minimum atomic E-state index is -0.487. The second-order valence-electron chi connectivity index (χ2n) is 10.5. The summed E-state index contributed by atoms with van der Waals surface area (Å²) in [7, 11) is 0. The van der Waals surface area contributed by atoms with Crippen LogP contribution in [0.5, 0.6) is 0 Å². The van der Waals surface area contributed by atoms with Gasteiger partial charge in [0.2, 0.25) is 5.91 Å². The molecule has 0 fully saturated rings. The van der Waals surface area contributed by atoms with Crippen molar-refractivity contribution in [3.63, 3.8) is 0 Å². The van der Waals surface area contributed by atoms with Crippen LogP contribution in [-0.2, 0) is 27.1 Å². The largest absolute Gasteiger partial charge is 0.444 e. The first-order valence-corrected chi connectivity index (χ1v) is 13.5. The fourth-order valence-corrected chi connectivity index (χ4v) is 3.02. The summed E-state index contributed by atoms with van der Waals surface area (Å²) in [5, 5.41) is 8.43. The van der Waals surface area contributed by atoms with Crippen molar-refractivity contribution in [2.75, 3.05) is 29.5 Å². The highest BCUT2D eigenvalue weighted by atomic mass is 79.9. The Kier molecular flexibility index (Phi) is 13.7. The molecule has 3 amide bonds. The molecule has 0 spiro atoms. The summed E-state index contributed by atoms with van der Waals surface area (Å²) in [6, 6.07) is 15.1. The number of rotatable bonds is 8. The molecule has 2 aromatic rings. The molecule has 0 aromatic heterocycles. The molecule has 2 aromatic carbocycles. The van der Waals surface area contributed by atoms with E-state index >= 15 is 0 Å². The summed E-state index contributed by atoms with van der Waals surface area (Å²) >= 11 is 3.09. The first kappa shape index (κ1) is 32.8. The van der Waals surface area contributed by atoms with Gasteiger partial charge < -0.3 is 31.2 Å². The SMILES string of the molecule is CC(C)(C)OC(=O)NCCc1ccc(N)cc1.CC(C)(C)OC(=O)NCCc1ccc(NC(=O)CBr)cc1. The predicted octanol–water partition coefficient (Wildman–Crippen LogP) is 5.42. The van der Waals surface area contributed by atoms with Crippen molar-refractivity contribution in [3.05, 3.63) is 59.7 Å². The van der Waals surface area contributed by atoms with Gasteiger partial charge in [-0.15, -0.1) is 0 Å². The summed E-state index contributed by atoms with van der Waals surface area (Å²) in [5.74, 6) is -0.0886. The average Bonchev–Trinajstić information content (AvgIpc) is 2.79. The number of hydrogen-bond acceptors (Lipinski definition) is 6. The molecule has 0 atom stereocenters. The number of anilines is 2. The summed E-state index contributed by atoms with van der Waals surface area (Å²) in [6.45, 7) is 12.1. The lowest BCUT2D eigenvalue weighted by Gasteiger charge is -2.19. The van der Waals surface area contributed by atoms with E-state index in [1.807, 2.05) is 90.1 Å². The lowest BCUT2D eigenvalue weighted by Crippen LogP contribution is -2.33. The maximum atomic E-state index is 11.5. The maximum Gasteiger partial charge on any atom is 0.407 e. The lowest BCUT2D eigenvalue weighted by molar-refractivity contribution is -0.113. The van der Waals surface area contributed by atoms with Crippen LogP contribution in [0.25, 0.3) is 0 Å². The highest BCUT2D eigenvalue weighted by Gasteiger charge is 2.16. The number of halogens is 1. The van der Waals surface area contributed by atoms with Gasteiger partial charge in [-0.2, -0.15) is 0 Å². The Morgan fingerprint density at radius 2 is 1.13 bits per heavy atom. The molecule has 0 aliphatic heterocycles. The molecule has 0 radical (unpaired) electrons. The van der Waals surface area contributed by atoms with Crippen LogP contribution in [0.3, 0.4) is 0 Å². The van der Waals surface area contributed by atoms with Gasteiger partial charge in [0.05, 0.1) is 5.33 Å². The van der Waals surface area contributed by atoms with Crippen molar-refractivity contribution < 1.29 is 23.9 Å². The topological polar surface area (TPSA) is 132 Å². The van der Waals surface area contributed by atoms with E-state index in [0.717, 1.165) is 28.9 Å². The van der Waals surface area contributed by atoms with E-state index in [1.54, 1.807) is 0 Å². The molecule has 0 saturated carbocycles. The number of alkyl halides is 1. The summed E-state index contributed by atoms with van der Waals surface area (Å²) in [6.07, 6.45) is 0.669. The molecule has 0 aliphatic carbocycles. The minimum Gasteiger partial charge on any atom is -0.444 e. The number of nitrogens with two attached hydrogens (primary N) is 1. The van der Waals surface area contributed by atoms with Gasteiger partial charge >= 0.3 is 12.2 Å². The molecule has 10 heteroatoms. The fourth-order valence-electron chi connectivity index (χ4n) is 2.88. The number of benzene rings is 2. The van der Waals surface area contributed by atoms with E-state index in [1.165, 1.54) is 0 Å². The molecule has 0 bridgehead atoms. The molecule has 0 heterocycles. The number of ether oxygens (including phenoxy) is 2. The zero-order valence-electron chi connectivity index (χ0n) is 23.2. The van der Waals surface area contributed by atoms with Gasteiger partial charge in [0.1, 0.15) is 11.2 Å². The zero-order chi connectivity index (χ0) is 28.8. The Morgan fingerprint density at radius 1 is 0.737 bits per heavy atom. The van der Waals surface area contributed by atoms with Crippen LogP contribution >= 0.6 is 15.9 Å². The highest BCUT2D eigenvalue weighted by molar-refractivity contribution is 9.09. The van der Waals surface area contributed by atoms with Crippen molar-refractivity contribution >= 4 is 45.4 Å². The summed E-state index contributed by atoms with van der Waals surface area (Å²) < 4.78 is 10.3. The number of alkyl carbamates (subject to hydrolysis) is 2. The second-order valence-corrected chi connectivity index (χ2v) is 11.0. The summed E-state index contributed by atoms with van der Waals surface area (Å²) in [5.41, 5.74) is 8.35. The molecule has 0 unspecified atom stereocenters.